The van der Waals surface area contributed by atoms with E-state index in [0.717, 1.165) is 61.8 Å². The second kappa shape index (κ2) is 23.6. The largest absolute Gasteiger partial charge is 0.396 e. The van der Waals surface area contributed by atoms with Crippen molar-refractivity contribution in [3.63, 3.8) is 0 Å². The molecule has 2 amide bonds. The van der Waals surface area contributed by atoms with Gasteiger partial charge in [-0.15, -0.1) is 0 Å². The minimum Gasteiger partial charge on any atom is -0.396 e. The molecule has 37 heavy (non-hydrogen) atoms. The molecule has 0 radical (unpaired) electrons. The lowest BCUT2D eigenvalue weighted by atomic mass is 10.0. The Kier molecular flexibility index (Phi) is 23.2. The average Bonchev–Trinajstić information content (AvgIpc) is 3.71. The predicted octanol–water partition coefficient (Wildman–Crippen LogP) is 2.99. The molecule has 0 aromatic heterocycles. The highest BCUT2D eigenvalue weighted by molar-refractivity contribution is 5.86. The van der Waals surface area contributed by atoms with E-state index in [4.69, 9.17) is 15.6 Å². The zero-order valence-corrected chi connectivity index (χ0v) is 23.5. The van der Waals surface area contributed by atoms with E-state index >= 15 is 0 Å². The van der Waals surface area contributed by atoms with Gasteiger partial charge in [-0.1, -0.05) is 77.1 Å². The zero-order valence-electron chi connectivity index (χ0n) is 23.5. The molecule has 1 aliphatic heterocycles. The van der Waals surface area contributed by atoms with Crippen molar-refractivity contribution in [1.29, 1.82) is 0 Å². The van der Waals surface area contributed by atoms with Crippen LogP contribution in [0.5, 0.6) is 0 Å². The van der Waals surface area contributed by atoms with Crippen LogP contribution >= 0.6 is 0 Å². The van der Waals surface area contributed by atoms with Crippen molar-refractivity contribution in [3.05, 3.63) is 48.0 Å². The first kappa shape index (κ1) is 36.3. The number of nitrogens with one attached hydrogen (secondary N) is 1. The van der Waals surface area contributed by atoms with Crippen molar-refractivity contribution in [3.8, 4) is 0 Å². The Morgan fingerprint density at radius 3 is 1.97 bits per heavy atom. The predicted molar refractivity (Wildman–Crippen MR) is 155 cm³/mol. The first-order valence-electron chi connectivity index (χ1n) is 13.0. The van der Waals surface area contributed by atoms with E-state index in [1.165, 1.54) is 12.8 Å². The maximum Gasteiger partial charge on any atom is 0.242 e. The van der Waals surface area contributed by atoms with Crippen LogP contribution in [0.1, 0.15) is 56.7 Å². The summed E-state index contributed by atoms with van der Waals surface area (Å²) in [5.41, 5.74) is 7.67. The van der Waals surface area contributed by atoms with E-state index in [1.54, 1.807) is 17.1 Å². The minimum atomic E-state index is -0.154. The number of rotatable bonds is 7. The average molecular weight is 519 g/mol. The number of aliphatic hydroxyl groups excluding tert-OH is 1. The number of carbonyl (C=O) groups excluding carboxylic acids is 3. The summed E-state index contributed by atoms with van der Waals surface area (Å²) in [7, 11) is 2.04. The first-order valence-corrected chi connectivity index (χ1v) is 13.0. The van der Waals surface area contributed by atoms with Crippen LogP contribution in [0.4, 0.5) is 0 Å². The molecule has 0 bridgehead atoms. The summed E-state index contributed by atoms with van der Waals surface area (Å²) in [6.07, 6.45) is 7.60. The monoisotopic (exact) mass is 518 g/mol. The molecule has 0 unspecified atom stereocenters. The second-order valence-corrected chi connectivity index (χ2v) is 8.82. The second-order valence-electron chi connectivity index (χ2n) is 8.82. The molecule has 1 aromatic rings. The Hall–Kier alpha value is -2.81. The molecule has 2 fully saturated rings. The molecule has 3 rings (SSSR count). The number of aliphatic hydroxyl groups is 1. The van der Waals surface area contributed by atoms with Crippen molar-refractivity contribution in [2.75, 3.05) is 52.9 Å². The molecule has 1 saturated carbocycles. The number of hydrogen-bond acceptors (Lipinski definition) is 6. The number of carbonyl (C=O) groups is 3. The number of piperazine rings is 1. The van der Waals surface area contributed by atoms with Crippen LogP contribution in [-0.4, -0.2) is 86.4 Å². The van der Waals surface area contributed by atoms with Crippen molar-refractivity contribution < 1.29 is 19.5 Å². The fourth-order valence-electron chi connectivity index (χ4n) is 2.85. The van der Waals surface area contributed by atoms with Crippen LogP contribution in [0.15, 0.2) is 31.4 Å². The van der Waals surface area contributed by atoms with Crippen molar-refractivity contribution >= 4 is 30.8 Å². The Balaban J connectivity index is 0. The molecule has 2 aliphatic rings. The molecule has 0 atom stereocenters. The van der Waals surface area contributed by atoms with Gasteiger partial charge in [0.05, 0.1) is 13.0 Å². The molecule has 1 aromatic carbocycles. The lowest BCUT2D eigenvalue weighted by Gasteiger charge is -2.32. The molecule has 8 nitrogen and oxygen atoms in total. The molecule has 1 aliphatic carbocycles. The highest BCUT2D eigenvalue weighted by Crippen LogP contribution is 2.26. The van der Waals surface area contributed by atoms with Gasteiger partial charge >= 0.3 is 0 Å². The molecule has 8 heteroatoms. The molecule has 210 valence electrons. The van der Waals surface area contributed by atoms with E-state index in [9.17, 15) is 9.59 Å². The maximum atomic E-state index is 12.1. The van der Waals surface area contributed by atoms with Gasteiger partial charge in [-0.3, -0.25) is 9.59 Å². The molecule has 4 N–H and O–H groups in total. The third-order valence-electron chi connectivity index (χ3n) is 5.34. The topological polar surface area (TPSA) is 116 Å². The van der Waals surface area contributed by atoms with Gasteiger partial charge in [0.2, 0.25) is 11.8 Å². The van der Waals surface area contributed by atoms with Crippen LogP contribution < -0.4 is 11.1 Å². The number of hydrogen-bond donors (Lipinski definition) is 3. The van der Waals surface area contributed by atoms with E-state index in [2.05, 4.69) is 30.3 Å². The van der Waals surface area contributed by atoms with E-state index in [0.29, 0.717) is 6.61 Å². The summed E-state index contributed by atoms with van der Waals surface area (Å²) >= 11 is 0. The van der Waals surface area contributed by atoms with Gasteiger partial charge in [-0.2, -0.15) is 0 Å². The van der Waals surface area contributed by atoms with Crippen LogP contribution in [0.3, 0.4) is 0 Å². The Labute approximate surface area is 224 Å². The van der Waals surface area contributed by atoms with Gasteiger partial charge in [-0.25, -0.2) is 0 Å². The quantitative estimate of drug-likeness (QED) is 0.511. The van der Waals surface area contributed by atoms with Crippen molar-refractivity contribution in [1.82, 2.24) is 15.1 Å². The SMILES string of the molecule is C=Cc1ccc(CC(=O)NCC(=O)N2CCN(C)CC2)cc1C=C.C=O.CC1CC1.CCCO.CCN. The number of likely N-dealkylation sites (N-methyl/N-ethyl adjacent to an activating group) is 1. The lowest BCUT2D eigenvalue weighted by molar-refractivity contribution is -0.134. The molecular weight excluding hydrogens is 468 g/mol. The zero-order chi connectivity index (χ0) is 28.6. The standard InChI is InChI=1S/C19H25N3O2.C4H8.C3H8O.C2H7N.CH2O/c1-4-16-7-6-15(12-17(16)5-2)13-18(23)20-14-19(24)22-10-8-21(3)9-11-22;1-4-2-3-4;1-2-3-4;1-2-3;1-2/h4-7,12H,1-2,8-11,13-14H2,3H3,(H,20,23);2*4H,2-3H2,1H3;2-3H2,1H3;1H2. The van der Waals surface area contributed by atoms with Gasteiger partial charge in [0, 0.05) is 32.8 Å². The van der Waals surface area contributed by atoms with Crippen LogP contribution in [0.25, 0.3) is 12.2 Å². The lowest BCUT2D eigenvalue weighted by Crippen LogP contribution is -2.50. The molecule has 1 saturated heterocycles. The van der Waals surface area contributed by atoms with Gasteiger partial charge in [0.15, 0.2) is 0 Å². The molecule has 1 heterocycles. The first-order chi connectivity index (χ1) is 17.8. The summed E-state index contributed by atoms with van der Waals surface area (Å²) in [6, 6.07) is 5.74. The normalized spacial score (nSPS) is 13.9. The summed E-state index contributed by atoms with van der Waals surface area (Å²) in [6.45, 7) is 20.0. The summed E-state index contributed by atoms with van der Waals surface area (Å²) in [4.78, 5) is 36.2. The minimum absolute atomic E-state index is 0.0229. The smallest absolute Gasteiger partial charge is 0.242 e. The Morgan fingerprint density at radius 2 is 1.57 bits per heavy atom. The number of amides is 2. The fourth-order valence-corrected chi connectivity index (χ4v) is 2.85. The number of benzene rings is 1. The van der Waals surface area contributed by atoms with E-state index in [1.807, 2.05) is 45.9 Å². The molecular formula is C29H50N4O4. The third kappa shape index (κ3) is 19.0. The fraction of sp³-hybridized carbons (Fsp3) is 0.552. The Morgan fingerprint density at radius 1 is 1.08 bits per heavy atom. The van der Waals surface area contributed by atoms with Crippen LogP contribution in [0.2, 0.25) is 0 Å². The number of nitrogens with two attached hydrogens (primary N) is 1. The van der Waals surface area contributed by atoms with Crippen molar-refractivity contribution in [2.45, 2.75) is 46.5 Å². The van der Waals surface area contributed by atoms with Gasteiger partial charge in [0.25, 0.3) is 0 Å². The van der Waals surface area contributed by atoms with Crippen LogP contribution in [-0.2, 0) is 20.8 Å². The summed E-state index contributed by atoms with van der Waals surface area (Å²) in [5.74, 6) is 0.907. The Bertz CT molecular complexity index is 771. The van der Waals surface area contributed by atoms with Gasteiger partial charge < -0.3 is 30.8 Å². The summed E-state index contributed by atoms with van der Waals surface area (Å²) in [5, 5.41) is 10.6. The van der Waals surface area contributed by atoms with Crippen molar-refractivity contribution in [2.24, 2.45) is 11.7 Å². The highest BCUT2D eigenvalue weighted by atomic mass is 16.2. The van der Waals surface area contributed by atoms with Crippen LogP contribution in [0, 0.1) is 5.92 Å². The van der Waals surface area contributed by atoms with E-state index in [-0.39, 0.29) is 24.8 Å². The van der Waals surface area contributed by atoms with E-state index < -0.39 is 0 Å². The van der Waals surface area contributed by atoms with Gasteiger partial charge in [0.1, 0.15) is 6.79 Å². The number of nitrogens with zero attached hydrogens (tertiary/aromatic N) is 2. The van der Waals surface area contributed by atoms with Gasteiger partial charge in [-0.05, 0) is 42.6 Å². The third-order valence-corrected chi connectivity index (χ3v) is 5.34. The molecule has 0 spiro atoms. The highest BCUT2D eigenvalue weighted by Gasteiger charge is 2.19. The maximum absolute atomic E-state index is 12.1. The summed E-state index contributed by atoms with van der Waals surface area (Å²) < 4.78 is 0.